The molecule has 2 fully saturated rings. The van der Waals surface area contributed by atoms with Crippen molar-refractivity contribution in [2.45, 2.75) is 57.4 Å². The second-order valence-corrected chi connectivity index (χ2v) is 11.0. The number of aromatic nitrogens is 1. The van der Waals surface area contributed by atoms with E-state index in [1.807, 2.05) is 19.9 Å². The molecule has 200 valence electrons. The van der Waals surface area contributed by atoms with Crippen molar-refractivity contribution in [2.75, 3.05) is 19.7 Å². The van der Waals surface area contributed by atoms with Crippen LogP contribution in [-0.4, -0.2) is 35.7 Å². The SMILES string of the molecule is CCOC(=O)C1(c2ccc(-c3ccccc3)c(-c3onc(C)c3CN3CCC(c4ccccc4)CC3)c2)CC1. The number of rotatable bonds is 8. The van der Waals surface area contributed by atoms with E-state index in [2.05, 4.69) is 82.9 Å². The Morgan fingerprint density at radius 1 is 0.974 bits per heavy atom. The van der Waals surface area contributed by atoms with Gasteiger partial charge in [0.15, 0.2) is 5.76 Å². The van der Waals surface area contributed by atoms with E-state index in [9.17, 15) is 4.79 Å². The molecule has 0 amide bonds. The molecule has 5 heteroatoms. The number of ether oxygens (including phenoxy) is 1. The fraction of sp³-hybridized carbons (Fsp3) is 0.353. The summed E-state index contributed by atoms with van der Waals surface area (Å²) in [6.07, 6.45) is 3.93. The minimum absolute atomic E-state index is 0.126. The van der Waals surface area contributed by atoms with Crippen LogP contribution >= 0.6 is 0 Å². The van der Waals surface area contributed by atoms with Crippen LogP contribution in [0.4, 0.5) is 0 Å². The Kier molecular flexibility index (Phi) is 7.09. The Balaban J connectivity index is 1.32. The summed E-state index contributed by atoms with van der Waals surface area (Å²) in [6.45, 7) is 7.17. The molecule has 1 saturated heterocycles. The monoisotopic (exact) mass is 520 g/mol. The van der Waals surface area contributed by atoms with Crippen LogP contribution in [0, 0.1) is 6.92 Å². The zero-order valence-electron chi connectivity index (χ0n) is 22.9. The van der Waals surface area contributed by atoms with Crippen LogP contribution in [0.5, 0.6) is 0 Å². The van der Waals surface area contributed by atoms with Gasteiger partial charge in [-0.1, -0.05) is 78.0 Å². The van der Waals surface area contributed by atoms with Crippen LogP contribution in [0.3, 0.4) is 0 Å². The summed E-state index contributed by atoms with van der Waals surface area (Å²) >= 11 is 0. The van der Waals surface area contributed by atoms with Crippen molar-refractivity contribution >= 4 is 5.97 Å². The molecule has 5 nitrogen and oxygen atoms in total. The number of carbonyl (C=O) groups is 1. The first-order valence-corrected chi connectivity index (χ1v) is 14.2. The molecule has 2 aliphatic rings. The normalized spacial score (nSPS) is 17.2. The van der Waals surface area contributed by atoms with Gasteiger partial charge in [0.05, 0.1) is 17.7 Å². The quantitative estimate of drug-likeness (QED) is 0.228. The van der Waals surface area contributed by atoms with Crippen molar-refractivity contribution in [1.82, 2.24) is 10.1 Å². The number of likely N-dealkylation sites (tertiary alicyclic amines) is 1. The fourth-order valence-electron chi connectivity index (χ4n) is 6.06. The lowest BCUT2D eigenvalue weighted by Gasteiger charge is -2.32. The Hall–Kier alpha value is -3.70. The van der Waals surface area contributed by atoms with Crippen LogP contribution in [0.2, 0.25) is 0 Å². The minimum atomic E-state index is -0.547. The number of aryl methyl sites for hydroxylation is 1. The van der Waals surface area contributed by atoms with Gasteiger partial charge in [-0.05, 0) is 86.9 Å². The third-order valence-corrected chi connectivity index (χ3v) is 8.54. The summed E-state index contributed by atoms with van der Waals surface area (Å²) in [7, 11) is 0. The second-order valence-electron chi connectivity index (χ2n) is 11.0. The van der Waals surface area contributed by atoms with Crippen molar-refractivity contribution in [3.8, 4) is 22.5 Å². The molecule has 0 N–H and O–H groups in total. The number of hydrogen-bond acceptors (Lipinski definition) is 5. The lowest BCUT2D eigenvalue weighted by Crippen LogP contribution is -2.32. The first-order valence-electron chi connectivity index (χ1n) is 14.2. The summed E-state index contributed by atoms with van der Waals surface area (Å²) < 4.78 is 11.6. The lowest BCUT2D eigenvalue weighted by molar-refractivity contribution is -0.146. The first kappa shape index (κ1) is 25.6. The largest absolute Gasteiger partial charge is 0.465 e. The summed E-state index contributed by atoms with van der Waals surface area (Å²) in [5.41, 5.74) is 7.13. The Morgan fingerprint density at radius 3 is 2.33 bits per heavy atom. The molecule has 39 heavy (non-hydrogen) atoms. The van der Waals surface area contributed by atoms with Crippen molar-refractivity contribution in [3.63, 3.8) is 0 Å². The molecule has 1 aliphatic carbocycles. The molecule has 1 saturated carbocycles. The molecule has 2 heterocycles. The van der Waals surface area contributed by atoms with E-state index in [1.165, 1.54) is 5.56 Å². The molecule has 0 bridgehead atoms. The van der Waals surface area contributed by atoms with E-state index < -0.39 is 5.41 Å². The Labute approximate surface area is 230 Å². The molecule has 1 aliphatic heterocycles. The van der Waals surface area contributed by atoms with Crippen LogP contribution in [0.25, 0.3) is 22.5 Å². The van der Waals surface area contributed by atoms with E-state index in [4.69, 9.17) is 9.26 Å². The van der Waals surface area contributed by atoms with Gasteiger partial charge in [-0.15, -0.1) is 0 Å². The standard InChI is InChI=1S/C34H36N2O3/c1-3-38-33(37)34(18-19-34)28-14-15-29(27-12-8-5-9-13-27)30(22-28)32-31(24(2)35-39-32)23-36-20-16-26(17-21-36)25-10-6-4-7-11-25/h4-15,22,26H,3,16-21,23H2,1-2H3. The third kappa shape index (κ3) is 5.04. The topological polar surface area (TPSA) is 55.6 Å². The predicted molar refractivity (Wildman–Crippen MR) is 153 cm³/mol. The van der Waals surface area contributed by atoms with Crippen molar-refractivity contribution in [3.05, 3.63) is 101 Å². The van der Waals surface area contributed by atoms with Gasteiger partial charge in [0, 0.05) is 17.7 Å². The number of piperidine rings is 1. The molecule has 0 unspecified atom stereocenters. The Morgan fingerprint density at radius 2 is 1.67 bits per heavy atom. The molecular weight excluding hydrogens is 484 g/mol. The van der Waals surface area contributed by atoms with E-state index >= 15 is 0 Å². The highest BCUT2D eigenvalue weighted by Gasteiger charge is 2.53. The smallest absolute Gasteiger partial charge is 0.316 e. The number of esters is 1. The average Bonchev–Trinajstić information content (AvgIpc) is 3.73. The highest BCUT2D eigenvalue weighted by molar-refractivity contribution is 5.89. The van der Waals surface area contributed by atoms with Crippen LogP contribution < -0.4 is 0 Å². The summed E-state index contributed by atoms with van der Waals surface area (Å²) in [4.78, 5) is 15.5. The minimum Gasteiger partial charge on any atom is -0.465 e. The zero-order chi connectivity index (χ0) is 26.8. The van der Waals surface area contributed by atoms with Gasteiger partial charge < -0.3 is 9.26 Å². The van der Waals surface area contributed by atoms with Crippen molar-refractivity contribution in [2.24, 2.45) is 0 Å². The zero-order valence-corrected chi connectivity index (χ0v) is 22.9. The Bertz CT molecular complexity index is 1430. The maximum atomic E-state index is 12.9. The highest BCUT2D eigenvalue weighted by atomic mass is 16.5. The predicted octanol–water partition coefficient (Wildman–Crippen LogP) is 7.29. The van der Waals surface area contributed by atoms with Crippen LogP contribution in [0.1, 0.15) is 60.9 Å². The summed E-state index contributed by atoms with van der Waals surface area (Å²) in [5, 5.41) is 4.43. The number of hydrogen-bond donors (Lipinski definition) is 0. The van der Waals surface area contributed by atoms with Gasteiger partial charge in [-0.2, -0.15) is 0 Å². The maximum Gasteiger partial charge on any atom is 0.316 e. The van der Waals surface area contributed by atoms with E-state index in [1.54, 1.807) is 0 Å². The molecular formula is C34H36N2O3. The number of nitrogens with zero attached hydrogens (tertiary/aromatic N) is 2. The molecule has 0 radical (unpaired) electrons. The average molecular weight is 521 g/mol. The van der Waals surface area contributed by atoms with E-state index in [0.717, 1.165) is 84.6 Å². The molecule has 6 rings (SSSR count). The maximum absolute atomic E-state index is 12.9. The third-order valence-electron chi connectivity index (χ3n) is 8.54. The van der Waals surface area contributed by atoms with Gasteiger partial charge in [0.2, 0.25) is 0 Å². The van der Waals surface area contributed by atoms with Gasteiger partial charge in [0.25, 0.3) is 0 Å². The van der Waals surface area contributed by atoms with E-state index in [-0.39, 0.29) is 5.97 Å². The highest BCUT2D eigenvalue weighted by Crippen LogP contribution is 2.51. The molecule has 0 spiro atoms. The molecule has 4 aromatic rings. The summed E-state index contributed by atoms with van der Waals surface area (Å²) in [6, 6.07) is 27.6. The fourth-order valence-corrected chi connectivity index (χ4v) is 6.06. The van der Waals surface area contributed by atoms with Crippen molar-refractivity contribution < 1.29 is 14.1 Å². The van der Waals surface area contributed by atoms with Crippen LogP contribution in [0.15, 0.2) is 83.4 Å². The summed E-state index contributed by atoms with van der Waals surface area (Å²) in [5.74, 6) is 1.29. The number of carbonyl (C=O) groups excluding carboxylic acids is 1. The van der Waals surface area contributed by atoms with Gasteiger partial charge in [-0.3, -0.25) is 9.69 Å². The van der Waals surface area contributed by atoms with Gasteiger partial charge in [-0.25, -0.2) is 0 Å². The molecule has 0 atom stereocenters. The van der Waals surface area contributed by atoms with Gasteiger partial charge >= 0.3 is 5.97 Å². The lowest BCUT2D eigenvalue weighted by atomic mass is 9.88. The molecule has 3 aromatic carbocycles. The molecule has 1 aromatic heterocycles. The van der Waals surface area contributed by atoms with Crippen molar-refractivity contribution in [1.29, 1.82) is 0 Å². The number of benzene rings is 3. The van der Waals surface area contributed by atoms with E-state index in [0.29, 0.717) is 12.5 Å². The van der Waals surface area contributed by atoms with Crippen LogP contribution in [-0.2, 0) is 21.5 Å². The second kappa shape index (κ2) is 10.8. The first-order chi connectivity index (χ1) is 19.1. The van der Waals surface area contributed by atoms with Gasteiger partial charge in [0.1, 0.15) is 0 Å².